The summed E-state index contributed by atoms with van der Waals surface area (Å²) in [7, 11) is 0. The maximum atomic E-state index is 12.0. The van der Waals surface area contributed by atoms with E-state index in [9.17, 15) is 9.59 Å². The minimum atomic E-state index is -0.250. The lowest BCUT2D eigenvalue weighted by Crippen LogP contribution is -2.37. The number of benzene rings is 1. The summed E-state index contributed by atoms with van der Waals surface area (Å²) in [6, 6.07) is 8.85. The fourth-order valence-corrected chi connectivity index (χ4v) is 2.85. The van der Waals surface area contributed by atoms with Crippen LogP contribution in [0.2, 0.25) is 0 Å². The van der Waals surface area contributed by atoms with Crippen molar-refractivity contribution in [1.82, 2.24) is 10.6 Å². The molecule has 0 saturated carbocycles. The van der Waals surface area contributed by atoms with E-state index < -0.39 is 0 Å². The average Bonchev–Trinajstić information content (AvgIpc) is 3.22. The lowest BCUT2D eigenvalue weighted by Gasteiger charge is -2.15. The van der Waals surface area contributed by atoms with E-state index in [1.54, 1.807) is 12.1 Å². The number of nitrogens with one attached hydrogen (secondary N) is 2. The number of rotatable bonds is 5. The van der Waals surface area contributed by atoms with E-state index in [0.717, 1.165) is 5.56 Å². The zero-order chi connectivity index (χ0) is 16.2. The molecule has 1 aliphatic heterocycles. The first-order chi connectivity index (χ1) is 11.1. The Morgan fingerprint density at radius 1 is 1.26 bits per heavy atom. The van der Waals surface area contributed by atoms with Crippen LogP contribution in [0.1, 0.15) is 28.2 Å². The summed E-state index contributed by atoms with van der Waals surface area (Å²) in [5.74, 6) is 0.885. The lowest BCUT2D eigenvalue weighted by atomic mass is 10.1. The van der Waals surface area contributed by atoms with Gasteiger partial charge in [-0.25, -0.2) is 0 Å². The van der Waals surface area contributed by atoms with Crippen molar-refractivity contribution in [3.05, 3.63) is 46.2 Å². The van der Waals surface area contributed by atoms with Crippen LogP contribution < -0.4 is 20.1 Å². The molecule has 1 atom stereocenters. The van der Waals surface area contributed by atoms with E-state index in [1.165, 1.54) is 11.3 Å². The summed E-state index contributed by atoms with van der Waals surface area (Å²) >= 11 is 1.34. The van der Waals surface area contributed by atoms with Crippen molar-refractivity contribution in [2.24, 2.45) is 0 Å². The zero-order valence-corrected chi connectivity index (χ0v) is 13.3. The van der Waals surface area contributed by atoms with E-state index in [0.29, 0.717) is 16.4 Å². The van der Waals surface area contributed by atoms with Gasteiger partial charge in [0.2, 0.25) is 12.7 Å². The lowest BCUT2D eigenvalue weighted by molar-refractivity contribution is -0.120. The van der Waals surface area contributed by atoms with E-state index in [4.69, 9.17) is 9.47 Å². The van der Waals surface area contributed by atoms with Crippen LogP contribution in [-0.4, -0.2) is 25.2 Å². The molecule has 1 aromatic heterocycles. The first-order valence-corrected chi connectivity index (χ1v) is 8.02. The van der Waals surface area contributed by atoms with Crippen molar-refractivity contribution in [3.63, 3.8) is 0 Å². The minimum Gasteiger partial charge on any atom is -0.454 e. The molecule has 1 aliphatic rings. The second-order valence-corrected chi connectivity index (χ2v) is 6.01. The summed E-state index contributed by atoms with van der Waals surface area (Å²) in [5, 5.41) is 7.26. The Hall–Kier alpha value is -2.54. The smallest absolute Gasteiger partial charge is 0.261 e. The molecule has 6 nitrogen and oxygen atoms in total. The number of amides is 2. The van der Waals surface area contributed by atoms with Gasteiger partial charge in [0.25, 0.3) is 5.91 Å². The molecule has 0 aliphatic carbocycles. The third-order valence-corrected chi connectivity index (χ3v) is 4.30. The van der Waals surface area contributed by atoms with E-state index in [1.807, 2.05) is 30.5 Å². The van der Waals surface area contributed by atoms with Crippen molar-refractivity contribution in [1.29, 1.82) is 0 Å². The number of hydrogen-bond acceptors (Lipinski definition) is 5. The molecule has 2 aromatic rings. The van der Waals surface area contributed by atoms with Gasteiger partial charge in [0.05, 0.1) is 17.5 Å². The molecule has 1 aromatic carbocycles. The SMILES string of the molecule is CC(NC(=O)CNC(=O)c1cccs1)c1ccc2c(c1)OCO2. The van der Waals surface area contributed by atoms with Gasteiger partial charge in [0.15, 0.2) is 11.5 Å². The highest BCUT2D eigenvalue weighted by Gasteiger charge is 2.17. The Balaban J connectivity index is 1.52. The molecule has 0 spiro atoms. The molecule has 23 heavy (non-hydrogen) atoms. The molecule has 2 amide bonds. The van der Waals surface area contributed by atoms with E-state index in [-0.39, 0.29) is 31.2 Å². The number of hydrogen-bond donors (Lipinski definition) is 2. The quantitative estimate of drug-likeness (QED) is 0.879. The second kappa shape index (κ2) is 6.70. The van der Waals surface area contributed by atoms with Gasteiger partial charge in [-0.1, -0.05) is 12.1 Å². The van der Waals surface area contributed by atoms with Gasteiger partial charge in [-0.15, -0.1) is 11.3 Å². The normalized spacial score (nSPS) is 13.4. The molecule has 2 heterocycles. The number of carbonyl (C=O) groups excluding carboxylic acids is 2. The maximum Gasteiger partial charge on any atom is 0.261 e. The average molecular weight is 332 g/mol. The zero-order valence-electron chi connectivity index (χ0n) is 12.5. The van der Waals surface area contributed by atoms with Crippen molar-refractivity contribution >= 4 is 23.2 Å². The molecule has 0 saturated heterocycles. The molecular formula is C16H16N2O4S. The largest absolute Gasteiger partial charge is 0.454 e. The summed E-state index contributed by atoms with van der Waals surface area (Å²) < 4.78 is 10.6. The van der Waals surface area contributed by atoms with Crippen LogP contribution in [0, 0.1) is 0 Å². The van der Waals surface area contributed by atoms with Gasteiger partial charge in [-0.05, 0) is 36.1 Å². The molecule has 0 radical (unpaired) electrons. The highest BCUT2D eigenvalue weighted by Crippen LogP contribution is 2.34. The van der Waals surface area contributed by atoms with Crippen molar-refractivity contribution in [2.45, 2.75) is 13.0 Å². The molecule has 120 valence electrons. The van der Waals surface area contributed by atoms with Crippen LogP contribution in [0.15, 0.2) is 35.7 Å². The molecule has 1 unspecified atom stereocenters. The molecule has 0 bridgehead atoms. The Labute approximate surface area is 137 Å². The second-order valence-electron chi connectivity index (χ2n) is 5.06. The summed E-state index contributed by atoms with van der Waals surface area (Å²) in [6.07, 6.45) is 0. The number of carbonyl (C=O) groups is 2. The number of thiophene rings is 1. The highest BCUT2D eigenvalue weighted by atomic mass is 32.1. The first kappa shape index (κ1) is 15.4. The van der Waals surface area contributed by atoms with Gasteiger partial charge >= 0.3 is 0 Å². The van der Waals surface area contributed by atoms with E-state index >= 15 is 0 Å². The Bertz CT molecular complexity index is 715. The Morgan fingerprint density at radius 2 is 2.09 bits per heavy atom. The van der Waals surface area contributed by atoms with Gasteiger partial charge in [0.1, 0.15) is 0 Å². The summed E-state index contributed by atoms with van der Waals surface area (Å²) in [5.41, 5.74) is 0.909. The van der Waals surface area contributed by atoms with Crippen LogP contribution >= 0.6 is 11.3 Å². The molecular weight excluding hydrogens is 316 g/mol. The van der Waals surface area contributed by atoms with Gasteiger partial charge in [-0.3, -0.25) is 9.59 Å². The van der Waals surface area contributed by atoms with Crippen molar-refractivity contribution < 1.29 is 19.1 Å². The standard InChI is InChI=1S/C16H16N2O4S/c1-10(11-4-5-12-13(7-11)22-9-21-12)18-15(19)8-17-16(20)14-3-2-6-23-14/h2-7,10H,8-9H2,1H3,(H,17,20)(H,18,19). The van der Waals surface area contributed by atoms with Crippen molar-refractivity contribution in [2.75, 3.05) is 13.3 Å². The Morgan fingerprint density at radius 3 is 2.87 bits per heavy atom. The van der Waals surface area contributed by atoms with Gasteiger partial charge in [-0.2, -0.15) is 0 Å². The highest BCUT2D eigenvalue weighted by molar-refractivity contribution is 7.12. The van der Waals surface area contributed by atoms with Crippen molar-refractivity contribution in [3.8, 4) is 11.5 Å². The van der Waals surface area contributed by atoms with Gasteiger partial charge < -0.3 is 20.1 Å². The predicted molar refractivity (Wildman–Crippen MR) is 85.8 cm³/mol. The topological polar surface area (TPSA) is 76.7 Å². The van der Waals surface area contributed by atoms with Crippen LogP contribution in [0.5, 0.6) is 11.5 Å². The summed E-state index contributed by atoms with van der Waals surface area (Å²) in [4.78, 5) is 24.3. The van der Waals surface area contributed by atoms with E-state index in [2.05, 4.69) is 10.6 Å². The molecule has 2 N–H and O–H groups in total. The first-order valence-electron chi connectivity index (χ1n) is 7.14. The van der Waals surface area contributed by atoms with Gasteiger partial charge in [0, 0.05) is 0 Å². The van der Waals surface area contributed by atoms with Crippen LogP contribution in [0.3, 0.4) is 0 Å². The molecule has 7 heteroatoms. The predicted octanol–water partition coefficient (Wildman–Crippen LogP) is 2.08. The van der Waals surface area contributed by atoms with Crippen LogP contribution in [0.25, 0.3) is 0 Å². The third kappa shape index (κ3) is 3.62. The fourth-order valence-electron chi connectivity index (χ4n) is 2.21. The van der Waals surface area contributed by atoms with Crippen LogP contribution in [-0.2, 0) is 4.79 Å². The minimum absolute atomic E-state index is 0.0639. The monoisotopic (exact) mass is 332 g/mol. The number of fused-ring (bicyclic) bond motifs is 1. The molecule has 0 fully saturated rings. The Kier molecular flexibility index (Phi) is 4.47. The number of ether oxygens (including phenoxy) is 2. The van der Waals surface area contributed by atoms with Crippen LogP contribution in [0.4, 0.5) is 0 Å². The fraction of sp³-hybridized carbons (Fsp3) is 0.250. The summed E-state index contributed by atoms with van der Waals surface area (Å²) in [6.45, 7) is 2.02. The third-order valence-electron chi connectivity index (χ3n) is 3.43. The molecule has 3 rings (SSSR count). The maximum absolute atomic E-state index is 12.0.